The summed E-state index contributed by atoms with van der Waals surface area (Å²) < 4.78 is 5.45. The Morgan fingerprint density at radius 2 is 2.13 bits per heavy atom. The lowest BCUT2D eigenvalue weighted by molar-refractivity contribution is -0.120. The van der Waals surface area contributed by atoms with E-state index in [1.807, 2.05) is 0 Å². The Hall–Kier alpha value is -0.610. The van der Waals surface area contributed by atoms with E-state index in [4.69, 9.17) is 4.74 Å². The number of amides is 1. The molecule has 2 aliphatic rings. The van der Waals surface area contributed by atoms with Crippen LogP contribution in [0.25, 0.3) is 0 Å². The summed E-state index contributed by atoms with van der Waals surface area (Å²) >= 11 is 0. The molecule has 15 heavy (non-hydrogen) atoms. The van der Waals surface area contributed by atoms with Crippen LogP contribution in [-0.4, -0.2) is 38.3 Å². The highest BCUT2D eigenvalue weighted by Gasteiger charge is 2.21. The van der Waals surface area contributed by atoms with Gasteiger partial charge in [0.1, 0.15) is 0 Å². The van der Waals surface area contributed by atoms with Gasteiger partial charge >= 0.3 is 0 Å². The molecule has 0 aromatic heterocycles. The van der Waals surface area contributed by atoms with E-state index in [9.17, 15) is 4.79 Å². The Morgan fingerprint density at radius 1 is 1.27 bits per heavy atom. The van der Waals surface area contributed by atoms with E-state index in [0.717, 1.165) is 38.5 Å². The first kappa shape index (κ1) is 10.9. The third-order valence-corrected chi connectivity index (χ3v) is 2.97. The molecule has 1 saturated carbocycles. The molecule has 0 aromatic carbocycles. The standard InChI is InChI=1S/C11H20N2O2/c14-11(13-6-9-3-4-9)8-12-7-10-2-1-5-15-10/h9-10,12H,1-8H2,(H,13,14)/t10-/m1/s1. The first-order valence-electron chi connectivity index (χ1n) is 5.93. The summed E-state index contributed by atoms with van der Waals surface area (Å²) in [4.78, 5) is 11.3. The molecule has 4 nitrogen and oxygen atoms in total. The average Bonchev–Trinajstić information content (AvgIpc) is 2.92. The summed E-state index contributed by atoms with van der Waals surface area (Å²) in [6, 6.07) is 0. The SMILES string of the molecule is O=C(CNC[C@H]1CCCO1)NCC1CC1. The van der Waals surface area contributed by atoms with Crippen LogP contribution < -0.4 is 10.6 Å². The molecule has 2 rings (SSSR count). The molecule has 1 amide bonds. The highest BCUT2D eigenvalue weighted by molar-refractivity contribution is 5.77. The number of carbonyl (C=O) groups excluding carboxylic acids is 1. The molecule has 2 fully saturated rings. The van der Waals surface area contributed by atoms with Gasteiger partial charge in [-0.1, -0.05) is 0 Å². The van der Waals surface area contributed by atoms with Gasteiger partial charge < -0.3 is 15.4 Å². The van der Waals surface area contributed by atoms with Crippen LogP contribution >= 0.6 is 0 Å². The Morgan fingerprint density at radius 3 is 2.80 bits per heavy atom. The van der Waals surface area contributed by atoms with Crippen LogP contribution in [0.1, 0.15) is 25.7 Å². The molecule has 4 heteroatoms. The molecule has 1 aliphatic heterocycles. The van der Waals surface area contributed by atoms with E-state index in [2.05, 4.69) is 10.6 Å². The van der Waals surface area contributed by atoms with E-state index in [1.165, 1.54) is 12.8 Å². The van der Waals surface area contributed by atoms with Gasteiger partial charge in [0.25, 0.3) is 0 Å². The second kappa shape index (κ2) is 5.47. The molecule has 0 radical (unpaired) electrons. The number of nitrogens with one attached hydrogen (secondary N) is 2. The Kier molecular flexibility index (Phi) is 3.97. The number of hydrogen-bond acceptors (Lipinski definition) is 3. The lowest BCUT2D eigenvalue weighted by Gasteiger charge is -2.10. The van der Waals surface area contributed by atoms with E-state index in [0.29, 0.717) is 12.6 Å². The monoisotopic (exact) mass is 212 g/mol. The van der Waals surface area contributed by atoms with E-state index in [1.54, 1.807) is 0 Å². The topological polar surface area (TPSA) is 50.4 Å². The normalized spacial score (nSPS) is 25.5. The molecule has 1 saturated heterocycles. The van der Waals surface area contributed by atoms with E-state index >= 15 is 0 Å². The first-order valence-corrected chi connectivity index (χ1v) is 5.93. The smallest absolute Gasteiger partial charge is 0.233 e. The Bertz CT molecular complexity index is 211. The first-order chi connectivity index (χ1) is 7.34. The minimum absolute atomic E-state index is 0.111. The summed E-state index contributed by atoms with van der Waals surface area (Å²) in [6.07, 6.45) is 5.16. The van der Waals surface area contributed by atoms with Crippen LogP contribution in [0, 0.1) is 5.92 Å². The molecule has 0 aromatic rings. The van der Waals surface area contributed by atoms with Crippen LogP contribution in [0.4, 0.5) is 0 Å². The van der Waals surface area contributed by atoms with Crippen molar-refractivity contribution >= 4 is 5.91 Å². The fourth-order valence-electron chi connectivity index (χ4n) is 1.79. The zero-order chi connectivity index (χ0) is 10.5. The van der Waals surface area contributed by atoms with Crippen LogP contribution in [0.2, 0.25) is 0 Å². The number of hydrogen-bond donors (Lipinski definition) is 2. The Balaban J connectivity index is 1.46. The fraction of sp³-hybridized carbons (Fsp3) is 0.909. The minimum Gasteiger partial charge on any atom is -0.377 e. The second-order valence-electron chi connectivity index (χ2n) is 4.51. The van der Waals surface area contributed by atoms with Crippen molar-refractivity contribution in [3.05, 3.63) is 0 Å². The lowest BCUT2D eigenvalue weighted by Crippen LogP contribution is -2.37. The fourth-order valence-corrected chi connectivity index (χ4v) is 1.79. The van der Waals surface area contributed by atoms with Crippen molar-refractivity contribution in [2.45, 2.75) is 31.8 Å². The molecular weight excluding hydrogens is 192 g/mol. The number of rotatable bonds is 6. The van der Waals surface area contributed by atoms with Crippen molar-refractivity contribution in [1.82, 2.24) is 10.6 Å². The van der Waals surface area contributed by atoms with Gasteiger partial charge in [0.2, 0.25) is 5.91 Å². The van der Waals surface area contributed by atoms with Crippen LogP contribution in [0.3, 0.4) is 0 Å². The summed E-state index contributed by atoms with van der Waals surface area (Å²) in [7, 11) is 0. The third-order valence-electron chi connectivity index (χ3n) is 2.97. The van der Waals surface area contributed by atoms with Crippen molar-refractivity contribution < 1.29 is 9.53 Å². The quantitative estimate of drug-likeness (QED) is 0.665. The third kappa shape index (κ3) is 4.18. The van der Waals surface area contributed by atoms with Crippen LogP contribution in [0.15, 0.2) is 0 Å². The average molecular weight is 212 g/mol. The molecular formula is C11H20N2O2. The predicted octanol–water partition coefficient (Wildman–Crippen LogP) is 0.281. The van der Waals surface area contributed by atoms with Crippen molar-refractivity contribution in [2.75, 3.05) is 26.2 Å². The molecule has 2 N–H and O–H groups in total. The van der Waals surface area contributed by atoms with Gasteiger partial charge in [-0.25, -0.2) is 0 Å². The maximum Gasteiger partial charge on any atom is 0.233 e. The van der Waals surface area contributed by atoms with Crippen molar-refractivity contribution in [1.29, 1.82) is 0 Å². The second-order valence-corrected chi connectivity index (χ2v) is 4.51. The molecule has 1 atom stereocenters. The molecule has 86 valence electrons. The highest BCUT2D eigenvalue weighted by atomic mass is 16.5. The van der Waals surface area contributed by atoms with Gasteiger partial charge in [-0.3, -0.25) is 4.79 Å². The molecule has 1 heterocycles. The number of ether oxygens (including phenoxy) is 1. The summed E-state index contributed by atoms with van der Waals surface area (Å²) in [5.41, 5.74) is 0. The molecule has 0 unspecified atom stereocenters. The van der Waals surface area contributed by atoms with Crippen LogP contribution in [-0.2, 0) is 9.53 Å². The van der Waals surface area contributed by atoms with Gasteiger partial charge in [0.15, 0.2) is 0 Å². The lowest BCUT2D eigenvalue weighted by atomic mass is 10.2. The van der Waals surface area contributed by atoms with Crippen LogP contribution in [0.5, 0.6) is 0 Å². The summed E-state index contributed by atoms with van der Waals surface area (Å²) in [6.45, 7) is 2.96. The van der Waals surface area contributed by atoms with Crippen molar-refractivity contribution in [3.63, 3.8) is 0 Å². The van der Waals surface area contributed by atoms with E-state index < -0.39 is 0 Å². The molecule has 0 bridgehead atoms. The largest absolute Gasteiger partial charge is 0.377 e. The number of carbonyl (C=O) groups is 1. The molecule has 1 aliphatic carbocycles. The van der Waals surface area contributed by atoms with Gasteiger partial charge in [0.05, 0.1) is 12.6 Å². The Labute approximate surface area is 90.8 Å². The molecule has 0 spiro atoms. The van der Waals surface area contributed by atoms with Gasteiger partial charge in [-0.05, 0) is 31.6 Å². The van der Waals surface area contributed by atoms with Gasteiger partial charge in [-0.2, -0.15) is 0 Å². The van der Waals surface area contributed by atoms with Gasteiger partial charge in [0, 0.05) is 19.7 Å². The maximum absolute atomic E-state index is 11.3. The predicted molar refractivity (Wildman–Crippen MR) is 57.6 cm³/mol. The highest BCUT2D eigenvalue weighted by Crippen LogP contribution is 2.27. The maximum atomic E-state index is 11.3. The van der Waals surface area contributed by atoms with Gasteiger partial charge in [-0.15, -0.1) is 0 Å². The zero-order valence-corrected chi connectivity index (χ0v) is 9.13. The van der Waals surface area contributed by atoms with E-state index in [-0.39, 0.29) is 5.91 Å². The summed E-state index contributed by atoms with van der Waals surface area (Å²) in [5.74, 6) is 0.868. The minimum atomic E-state index is 0.111. The van der Waals surface area contributed by atoms with Crippen molar-refractivity contribution in [3.8, 4) is 0 Å². The zero-order valence-electron chi connectivity index (χ0n) is 9.13. The van der Waals surface area contributed by atoms with Crippen molar-refractivity contribution in [2.24, 2.45) is 5.92 Å². The summed E-state index contributed by atoms with van der Waals surface area (Å²) in [5, 5.41) is 6.06.